The topological polar surface area (TPSA) is 99.4 Å². The van der Waals surface area contributed by atoms with Crippen molar-refractivity contribution in [2.24, 2.45) is 31.8 Å². The van der Waals surface area contributed by atoms with Crippen LogP contribution in [0.1, 0.15) is 45.4 Å². The Morgan fingerprint density at radius 3 is 2.09 bits per heavy atom. The molecule has 4 aliphatic rings. The standard InChI is InChI=1S/C23H31N3O5S/c1-14(31-23-10-15-6-16(11-23)8-17(7-15)12-23)13-24-32(29,30)18-4-5-19-20(9-18)26(3)22(28)21(27)25(19)2/h4-5,9,14-17,24H,6-8,10-13H2,1-3H3/t14-,15?,16?,17?,23?/m1/s1. The first kappa shape index (κ1) is 21.9. The Morgan fingerprint density at radius 1 is 1.00 bits per heavy atom. The van der Waals surface area contributed by atoms with Crippen LogP contribution in [0.5, 0.6) is 0 Å². The van der Waals surface area contributed by atoms with Crippen molar-refractivity contribution >= 4 is 21.1 Å². The van der Waals surface area contributed by atoms with Crippen LogP contribution >= 0.6 is 0 Å². The van der Waals surface area contributed by atoms with Gasteiger partial charge in [-0.1, -0.05) is 0 Å². The zero-order valence-electron chi connectivity index (χ0n) is 18.8. The number of sulfonamides is 1. The Kier molecular flexibility index (Phi) is 5.14. The van der Waals surface area contributed by atoms with E-state index in [0.29, 0.717) is 11.0 Å². The number of hydrogen-bond donors (Lipinski definition) is 1. The van der Waals surface area contributed by atoms with E-state index in [9.17, 15) is 18.0 Å². The summed E-state index contributed by atoms with van der Waals surface area (Å²) in [5.41, 5.74) is -0.539. The number of ether oxygens (including phenoxy) is 1. The van der Waals surface area contributed by atoms with Crippen LogP contribution in [0, 0.1) is 17.8 Å². The fourth-order valence-corrected chi connectivity index (χ4v) is 7.82. The SMILES string of the molecule is C[C@H](CNS(=O)(=O)c1ccc2c(c1)n(C)c(=O)c(=O)n2C)OC12CC3CC(CC(C3)C1)C2. The van der Waals surface area contributed by atoms with E-state index in [1.165, 1.54) is 54.6 Å². The average Bonchev–Trinajstić information content (AvgIpc) is 2.73. The molecule has 174 valence electrons. The maximum Gasteiger partial charge on any atom is 0.316 e. The minimum absolute atomic E-state index is 0.0562. The fourth-order valence-electron chi connectivity index (χ4n) is 6.68. The summed E-state index contributed by atoms with van der Waals surface area (Å²) in [7, 11) is -0.827. The van der Waals surface area contributed by atoms with E-state index in [2.05, 4.69) is 4.72 Å². The first-order valence-corrected chi connectivity index (χ1v) is 12.9. The number of benzene rings is 1. The van der Waals surface area contributed by atoms with Gasteiger partial charge in [0.2, 0.25) is 10.0 Å². The molecular weight excluding hydrogens is 430 g/mol. The van der Waals surface area contributed by atoms with Gasteiger partial charge in [0.15, 0.2) is 0 Å². The fraction of sp³-hybridized carbons (Fsp3) is 0.652. The Morgan fingerprint density at radius 2 is 1.53 bits per heavy atom. The number of rotatable bonds is 6. The molecule has 4 bridgehead atoms. The van der Waals surface area contributed by atoms with Gasteiger partial charge in [0.05, 0.1) is 27.6 Å². The van der Waals surface area contributed by atoms with E-state index in [4.69, 9.17) is 4.74 Å². The first-order valence-electron chi connectivity index (χ1n) is 11.4. The molecule has 9 heteroatoms. The van der Waals surface area contributed by atoms with Gasteiger partial charge in [0.1, 0.15) is 0 Å². The second-order valence-corrected chi connectivity index (χ2v) is 12.0. The van der Waals surface area contributed by atoms with Gasteiger partial charge >= 0.3 is 11.1 Å². The van der Waals surface area contributed by atoms with E-state index < -0.39 is 21.1 Å². The molecule has 1 aromatic carbocycles. The van der Waals surface area contributed by atoms with E-state index in [-0.39, 0.29) is 23.1 Å². The van der Waals surface area contributed by atoms with E-state index in [1.807, 2.05) is 6.92 Å². The molecule has 1 atom stereocenters. The average molecular weight is 462 g/mol. The molecule has 0 aliphatic heterocycles. The van der Waals surface area contributed by atoms with Crippen molar-refractivity contribution in [2.45, 2.75) is 62.0 Å². The smallest absolute Gasteiger partial charge is 0.316 e. The third-order valence-electron chi connectivity index (χ3n) is 7.77. The third kappa shape index (κ3) is 3.64. The van der Waals surface area contributed by atoms with Gasteiger partial charge in [-0.3, -0.25) is 9.59 Å². The summed E-state index contributed by atoms with van der Waals surface area (Å²) in [6.07, 6.45) is 7.08. The summed E-state index contributed by atoms with van der Waals surface area (Å²) >= 11 is 0. The number of nitrogens with zero attached hydrogens (tertiary/aromatic N) is 2. The van der Waals surface area contributed by atoms with Gasteiger partial charge in [0.25, 0.3) is 0 Å². The van der Waals surface area contributed by atoms with Gasteiger partial charge in [-0.2, -0.15) is 0 Å². The van der Waals surface area contributed by atoms with Gasteiger partial charge in [0, 0.05) is 20.6 Å². The monoisotopic (exact) mass is 461 g/mol. The van der Waals surface area contributed by atoms with Crippen LogP contribution in [0.15, 0.2) is 32.7 Å². The van der Waals surface area contributed by atoms with Gasteiger partial charge in [-0.15, -0.1) is 0 Å². The van der Waals surface area contributed by atoms with E-state index in [1.54, 1.807) is 6.07 Å². The molecule has 4 aliphatic carbocycles. The first-order chi connectivity index (χ1) is 15.1. The van der Waals surface area contributed by atoms with Crippen LogP contribution < -0.4 is 15.8 Å². The normalized spacial score (nSPS) is 30.2. The lowest BCUT2D eigenvalue weighted by Gasteiger charge is -2.57. The van der Waals surface area contributed by atoms with Crippen molar-refractivity contribution in [2.75, 3.05) is 6.54 Å². The molecule has 8 nitrogen and oxygen atoms in total. The highest BCUT2D eigenvalue weighted by atomic mass is 32.2. The second kappa shape index (κ2) is 7.53. The van der Waals surface area contributed by atoms with E-state index >= 15 is 0 Å². The number of fused-ring (bicyclic) bond motifs is 1. The number of nitrogens with one attached hydrogen (secondary N) is 1. The Labute approximate surface area is 187 Å². The molecule has 6 rings (SSSR count). The summed E-state index contributed by atoms with van der Waals surface area (Å²) in [6, 6.07) is 4.45. The van der Waals surface area contributed by atoms with Gasteiger partial charge < -0.3 is 13.9 Å². The molecule has 32 heavy (non-hydrogen) atoms. The molecule has 1 heterocycles. The maximum atomic E-state index is 13.0. The van der Waals surface area contributed by atoms with Crippen molar-refractivity contribution in [3.05, 3.63) is 38.9 Å². The van der Waals surface area contributed by atoms with Crippen molar-refractivity contribution < 1.29 is 13.2 Å². The molecule has 0 amide bonds. The Hall–Kier alpha value is -1.97. The molecule has 4 saturated carbocycles. The van der Waals surface area contributed by atoms with Crippen LogP contribution in [0.2, 0.25) is 0 Å². The molecule has 2 aromatic rings. The second-order valence-electron chi connectivity index (χ2n) is 10.3. The summed E-state index contributed by atoms with van der Waals surface area (Å²) in [6.45, 7) is 2.12. The third-order valence-corrected chi connectivity index (χ3v) is 9.19. The summed E-state index contributed by atoms with van der Waals surface area (Å²) < 4.78 is 37.5. The Balaban J connectivity index is 1.32. The lowest BCUT2D eigenvalue weighted by molar-refractivity contribution is -0.182. The minimum Gasteiger partial charge on any atom is -0.371 e. The minimum atomic E-state index is -3.80. The molecule has 4 fully saturated rings. The van der Waals surface area contributed by atoms with Crippen molar-refractivity contribution in [1.82, 2.24) is 13.9 Å². The molecule has 0 saturated heterocycles. The highest BCUT2D eigenvalue weighted by Gasteiger charge is 2.52. The summed E-state index contributed by atoms with van der Waals surface area (Å²) in [5.74, 6) is 2.31. The quantitative estimate of drug-likeness (QED) is 0.663. The molecule has 0 unspecified atom stereocenters. The number of aryl methyl sites for hydroxylation is 2. The van der Waals surface area contributed by atoms with E-state index in [0.717, 1.165) is 37.0 Å². The Bertz CT molecular complexity index is 1260. The van der Waals surface area contributed by atoms with Crippen LogP contribution in [-0.4, -0.2) is 35.8 Å². The van der Waals surface area contributed by atoms with Gasteiger partial charge in [-0.05, 0) is 81.4 Å². The largest absolute Gasteiger partial charge is 0.371 e. The van der Waals surface area contributed by atoms with Crippen molar-refractivity contribution in [3.8, 4) is 0 Å². The van der Waals surface area contributed by atoms with Gasteiger partial charge in [-0.25, -0.2) is 13.1 Å². The predicted molar refractivity (Wildman–Crippen MR) is 121 cm³/mol. The molecule has 1 aromatic heterocycles. The number of hydrogen-bond acceptors (Lipinski definition) is 5. The summed E-state index contributed by atoms with van der Waals surface area (Å²) in [5, 5.41) is 0. The van der Waals surface area contributed by atoms with Crippen LogP contribution in [0.3, 0.4) is 0 Å². The molecule has 0 radical (unpaired) electrons. The van der Waals surface area contributed by atoms with Crippen molar-refractivity contribution in [3.63, 3.8) is 0 Å². The van der Waals surface area contributed by atoms with Crippen LogP contribution in [0.4, 0.5) is 0 Å². The van der Waals surface area contributed by atoms with Crippen LogP contribution in [0.25, 0.3) is 11.0 Å². The molecular formula is C23H31N3O5S. The lowest BCUT2D eigenvalue weighted by Crippen LogP contribution is -2.53. The zero-order valence-corrected chi connectivity index (χ0v) is 19.7. The van der Waals surface area contributed by atoms with Crippen LogP contribution in [-0.2, 0) is 28.9 Å². The zero-order chi connectivity index (χ0) is 22.8. The van der Waals surface area contributed by atoms with Crippen molar-refractivity contribution in [1.29, 1.82) is 0 Å². The highest BCUT2D eigenvalue weighted by Crippen LogP contribution is 2.57. The molecule has 1 N–H and O–H groups in total. The molecule has 0 spiro atoms. The predicted octanol–water partition coefficient (Wildman–Crippen LogP) is 1.89. The lowest BCUT2D eigenvalue weighted by atomic mass is 9.54. The maximum absolute atomic E-state index is 13.0. The number of aromatic nitrogens is 2. The summed E-state index contributed by atoms with van der Waals surface area (Å²) in [4.78, 5) is 24.2. The highest BCUT2D eigenvalue weighted by molar-refractivity contribution is 7.89.